The van der Waals surface area contributed by atoms with Gasteiger partial charge >= 0.3 is 0 Å². The molecule has 7 heteroatoms. The van der Waals surface area contributed by atoms with Gasteiger partial charge in [0.2, 0.25) is 11.9 Å². The first kappa shape index (κ1) is 19.0. The van der Waals surface area contributed by atoms with Crippen molar-refractivity contribution in [2.75, 3.05) is 37.4 Å². The Morgan fingerprint density at radius 3 is 3.00 bits per heavy atom. The van der Waals surface area contributed by atoms with Crippen LogP contribution in [0.25, 0.3) is 0 Å². The molecule has 2 aromatic rings. The fraction of sp³-hybridized carbons (Fsp3) is 0.500. The molecule has 2 saturated heterocycles. The molecule has 5 rings (SSSR count). The van der Waals surface area contributed by atoms with Crippen LogP contribution in [0.5, 0.6) is 0 Å². The second kappa shape index (κ2) is 7.70. The smallest absolute Gasteiger partial charge is 0.232 e. The lowest BCUT2D eigenvalue weighted by atomic mass is 9.80. The summed E-state index contributed by atoms with van der Waals surface area (Å²) in [5, 5.41) is 0. The van der Waals surface area contributed by atoms with E-state index in [0.717, 1.165) is 50.3 Å². The topological polar surface area (TPSA) is 58.6 Å². The fourth-order valence-electron chi connectivity index (χ4n) is 4.86. The number of thioether (sulfide) groups is 1. The minimum Gasteiger partial charge on any atom is -0.376 e. The van der Waals surface area contributed by atoms with Crippen molar-refractivity contribution in [2.45, 2.75) is 42.7 Å². The minimum atomic E-state index is -0.109. The number of likely N-dealkylation sites (tertiary alicyclic amines) is 1. The Balaban J connectivity index is 1.41. The second-order valence-corrected chi connectivity index (χ2v) is 9.09. The molecule has 0 saturated carbocycles. The molecule has 1 aromatic carbocycles. The van der Waals surface area contributed by atoms with E-state index in [1.54, 1.807) is 16.7 Å². The number of nitrogens with zero attached hydrogens (tertiary/aromatic N) is 4. The molecule has 1 atom stereocenters. The third-order valence-electron chi connectivity index (χ3n) is 6.32. The Morgan fingerprint density at radius 2 is 2.17 bits per heavy atom. The molecule has 3 aliphatic rings. The Hall–Kier alpha value is -1.96. The van der Waals surface area contributed by atoms with Gasteiger partial charge in [-0.25, -0.2) is 9.97 Å². The van der Waals surface area contributed by atoms with Crippen LogP contribution < -0.4 is 4.90 Å². The van der Waals surface area contributed by atoms with Crippen molar-refractivity contribution in [2.24, 2.45) is 0 Å². The highest BCUT2D eigenvalue weighted by molar-refractivity contribution is 7.98. The van der Waals surface area contributed by atoms with Gasteiger partial charge in [0.05, 0.1) is 24.3 Å². The molecule has 152 valence electrons. The number of amides is 1. The predicted molar refractivity (Wildman–Crippen MR) is 113 cm³/mol. The summed E-state index contributed by atoms with van der Waals surface area (Å²) >= 11 is 1.80. The number of anilines is 1. The number of ether oxygens (including phenoxy) is 1. The van der Waals surface area contributed by atoms with E-state index in [2.05, 4.69) is 40.4 Å². The van der Waals surface area contributed by atoms with Crippen molar-refractivity contribution in [3.05, 3.63) is 47.3 Å². The van der Waals surface area contributed by atoms with Crippen molar-refractivity contribution in [1.82, 2.24) is 14.9 Å². The van der Waals surface area contributed by atoms with E-state index in [0.29, 0.717) is 25.6 Å². The summed E-state index contributed by atoms with van der Waals surface area (Å²) in [7, 11) is 0. The maximum atomic E-state index is 12.2. The summed E-state index contributed by atoms with van der Waals surface area (Å²) < 4.78 is 5.97. The van der Waals surface area contributed by atoms with Gasteiger partial charge in [0.15, 0.2) is 0 Å². The molecule has 1 spiro atoms. The summed E-state index contributed by atoms with van der Waals surface area (Å²) in [6.07, 6.45) is 6.50. The molecule has 0 N–H and O–H groups in total. The van der Waals surface area contributed by atoms with Crippen LogP contribution in [-0.2, 0) is 28.1 Å². The van der Waals surface area contributed by atoms with Crippen LogP contribution in [0.4, 0.5) is 5.95 Å². The molecule has 3 aliphatic heterocycles. The average Bonchev–Trinajstić information content (AvgIpc) is 3.35. The predicted octanol–water partition coefficient (Wildman–Crippen LogP) is 3.00. The second-order valence-electron chi connectivity index (χ2n) is 8.24. The summed E-state index contributed by atoms with van der Waals surface area (Å²) in [5.41, 5.74) is 3.43. The summed E-state index contributed by atoms with van der Waals surface area (Å²) in [5.74, 6) is 0.700. The standard InChI is InChI=1S/C22H26N4O2S/c1-29-18-6-3-2-5-16(18)12-25-10-8-22(14-25)15-28-13-17-11-23-21(24-20(17)22)26-9-4-7-19(26)27/h2-3,5-6,11H,4,7-10,12-15H2,1H3/t22-/m1/s1. The molecule has 29 heavy (non-hydrogen) atoms. The highest BCUT2D eigenvalue weighted by atomic mass is 32.2. The van der Waals surface area contributed by atoms with Crippen molar-refractivity contribution >= 4 is 23.6 Å². The lowest BCUT2D eigenvalue weighted by molar-refractivity contribution is -0.117. The number of fused-ring (bicyclic) bond motifs is 2. The van der Waals surface area contributed by atoms with Gasteiger partial charge in [-0.3, -0.25) is 14.6 Å². The third kappa shape index (κ3) is 3.45. The molecule has 1 amide bonds. The largest absolute Gasteiger partial charge is 0.376 e. The Morgan fingerprint density at radius 1 is 1.28 bits per heavy atom. The van der Waals surface area contributed by atoms with Gasteiger partial charge in [-0.05, 0) is 37.3 Å². The van der Waals surface area contributed by atoms with Gasteiger partial charge < -0.3 is 4.74 Å². The number of hydrogen-bond donors (Lipinski definition) is 0. The lowest BCUT2D eigenvalue weighted by Gasteiger charge is -2.35. The molecule has 2 fully saturated rings. The zero-order chi connectivity index (χ0) is 19.8. The summed E-state index contributed by atoms with van der Waals surface area (Å²) in [4.78, 5) is 27.2. The molecule has 0 aliphatic carbocycles. The first-order valence-corrected chi connectivity index (χ1v) is 11.5. The van der Waals surface area contributed by atoms with Crippen LogP contribution in [0.1, 0.15) is 36.1 Å². The van der Waals surface area contributed by atoms with Gasteiger partial charge in [-0.15, -0.1) is 11.8 Å². The average molecular weight is 411 g/mol. The van der Waals surface area contributed by atoms with Gasteiger partial charge in [-0.2, -0.15) is 0 Å². The quantitative estimate of drug-likeness (QED) is 0.723. The zero-order valence-corrected chi connectivity index (χ0v) is 17.6. The maximum Gasteiger partial charge on any atom is 0.232 e. The fourth-order valence-corrected chi connectivity index (χ4v) is 5.46. The third-order valence-corrected chi connectivity index (χ3v) is 7.16. The monoisotopic (exact) mass is 410 g/mol. The first-order chi connectivity index (χ1) is 14.2. The van der Waals surface area contributed by atoms with Crippen molar-refractivity contribution in [3.63, 3.8) is 0 Å². The number of rotatable bonds is 4. The zero-order valence-electron chi connectivity index (χ0n) is 16.8. The molecular weight excluding hydrogens is 384 g/mol. The van der Waals surface area contributed by atoms with Crippen LogP contribution in [0, 0.1) is 0 Å². The van der Waals surface area contributed by atoms with Gasteiger partial charge in [0.1, 0.15) is 0 Å². The molecule has 6 nitrogen and oxygen atoms in total. The van der Waals surface area contributed by atoms with Crippen LogP contribution in [0.15, 0.2) is 35.4 Å². The Kier molecular flexibility index (Phi) is 5.05. The SMILES string of the molecule is CSc1ccccc1CN1CC[C@]2(COCc3cnc(N4CCCC4=O)nc32)C1. The maximum absolute atomic E-state index is 12.2. The molecule has 0 radical (unpaired) electrons. The molecule has 4 heterocycles. The number of carbonyl (C=O) groups is 1. The number of carbonyl (C=O) groups excluding carboxylic acids is 1. The van der Waals surface area contributed by atoms with Gasteiger partial charge in [-0.1, -0.05) is 18.2 Å². The van der Waals surface area contributed by atoms with E-state index in [-0.39, 0.29) is 11.3 Å². The van der Waals surface area contributed by atoms with Crippen LogP contribution in [-0.4, -0.2) is 53.3 Å². The minimum absolute atomic E-state index is 0.109. The van der Waals surface area contributed by atoms with Crippen LogP contribution >= 0.6 is 11.8 Å². The summed E-state index contributed by atoms with van der Waals surface area (Å²) in [6.45, 7) is 4.85. The van der Waals surface area contributed by atoms with E-state index in [1.165, 1.54) is 10.5 Å². The van der Waals surface area contributed by atoms with Crippen LogP contribution in [0.3, 0.4) is 0 Å². The van der Waals surface area contributed by atoms with Gasteiger partial charge in [0, 0.05) is 42.7 Å². The molecule has 0 bridgehead atoms. The number of benzene rings is 1. The number of hydrogen-bond acceptors (Lipinski definition) is 6. The Bertz CT molecular complexity index is 937. The lowest BCUT2D eigenvalue weighted by Crippen LogP contribution is -2.41. The highest BCUT2D eigenvalue weighted by Gasteiger charge is 2.45. The van der Waals surface area contributed by atoms with E-state index in [4.69, 9.17) is 9.72 Å². The van der Waals surface area contributed by atoms with Crippen molar-refractivity contribution < 1.29 is 9.53 Å². The highest BCUT2D eigenvalue weighted by Crippen LogP contribution is 2.40. The Labute approximate surface area is 175 Å². The van der Waals surface area contributed by atoms with E-state index in [1.807, 2.05) is 6.20 Å². The molecular formula is C22H26N4O2S. The normalized spacial score (nSPS) is 24.4. The number of aromatic nitrogens is 2. The first-order valence-electron chi connectivity index (χ1n) is 10.3. The summed E-state index contributed by atoms with van der Waals surface area (Å²) in [6, 6.07) is 8.63. The molecule has 1 aromatic heterocycles. The van der Waals surface area contributed by atoms with E-state index < -0.39 is 0 Å². The van der Waals surface area contributed by atoms with E-state index in [9.17, 15) is 4.79 Å². The van der Waals surface area contributed by atoms with E-state index >= 15 is 0 Å². The van der Waals surface area contributed by atoms with Gasteiger partial charge in [0.25, 0.3) is 0 Å². The van der Waals surface area contributed by atoms with Crippen LogP contribution in [0.2, 0.25) is 0 Å². The van der Waals surface area contributed by atoms with Crippen molar-refractivity contribution in [1.29, 1.82) is 0 Å². The van der Waals surface area contributed by atoms with Crippen molar-refractivity contribution in [3.8, 4) is 0 Å². The molecule has 0 unspecified atom stereocenters.